The van der Waals surface area contributed by atoms with Crippen LogP contribution in [-0.2, 0) is 17.8 Å². The number of carbonyl (C=O) groups is 1. The van der Waals surface area contributed by atoms with Crippen LogP contribution in [-0.4, -0.2) is 19.1 Å². The van der Waals surface area contributed by atoms with Crippen molar-refractivity contribution >= 4 is 16.7 Å². The molecule has 0 radical (unpaired) electrons. The van der Waals surface area contributed by atoms with Crippen LogP contribution < -0.4 is 15.8 Å². The second-order valence-electron chi connectivity index (χ2n) is 6.07. The van der Waals surface area contributed by atoms with E-state index in [0.717, 1.165) is 34.9 Å². The van der Waals surface area contributed by atoms with Crippen LogP contribution in [0, 0.1) is 5.82 Å². The maximum absolute atomic E-state index is 13.0. The predicted octanol–water partition coefficient (Wildman–Crippen LogP) is 3.18. The van der Waals surface area contributed by atoms with E-state index < -0.39 is 5.91 Å². The average molecular weight is 352 g/mol. The average Bonchev–Trinajstić information content (AvgIpc) is 2.65. The topological polar surface area (TPSA) is 64.4 Å². The maximum atomic E-state index is 13.0. The van der Waals surface area contributed by atoms with Crippen LogP contribution >= 0.6 is 0 Å². The number of carbonyl (C=O) groups excluding carboxylic acids is 1. The second-order valence-corrected chi connectivity index (χ2v) is 6.07. The number of primary amides is 1. The molecule has 1 amide bonds. The van der Waals surface area contributed by atoms with E-state index in [2.05, 4.69) is 5.32 Å². The molecule has 5 heteroatoms. The predicted molar refractivity (Wildman–Crippen MR) is 100 cm³/mol. The van der Waals surface area contributed by atoms with Crippen LogP contribution in [0.15, 0.2) is 60.7 Å². The number of nitrogens with two attached hydrogens (primary N) is 1. The first-order chi connectivity index (χ1) is 12.6. The summed E-state index contributed by atoms with van der Waals surface area (Å²) in [7, 11) is 0. The lowest BCUT2D eigenvalue weighted by molar-refractivity contribution is -0.119. The van der Waals surface area contributed by atoms with Gasteiger partial charge in [-0.2, -0.15) is 0 Å². The SMILES string of the molecule is NC(=O)COc1ccc2ccccc2c1CNCCc1ccc(F)cc1. The smallest absolute Gasteiger partial charge is 0.255 e. The van der Waals surface area contributed by atoms with Gasteiger partial charge in [0.2, 0.25) is 0 Å². The number of ether oxygens (including phenoxy) is 1. The molecule has 0 heterocycles. The van der Waals surface area contributed by atoms with Gasteiger partial charge in [-0.05, 0) is 47.5 Å². The van der Waals surface area contributed by atoms with Gasteiger partial charge in [-0.3, -0.25) is 4.79 Å². The molecular weight excluding hydrogens is 331 g/mol. The molecule has 0 saturated heterocycles. The molecule has 0 fully saturated rings. The third-order valence-electron chi connectivity index (χ3n) is 4.17. The highest BCUT2D eigenvalue weighted by Crippen LogP contribution is 2.28. The van der Waals surface area contributed by atoms with Gasteiger partial charge in [-0.1, -0.05) is 42.5 Å². The first kappa shape index (κ1) is 17.9. The fraction of sp³-hybridized carbons (Fsp3) is 0.190. The number of rotatable bonds is 8. The van der Waals surface area contributed by atoms with Gasteiger partial charge in [0, 0.05) is 12.1 Å². The summed E-state index contributed by atoms with van der Waals surface area (Å²) in [4.78, 5) is 11.0. The summed E-state index contributed by atoms with van der Waals surface area (Å²) >= 11 is 0. The molecule has 0 aromatic heterocycles. The van der Waals surface area contributed by atoms with E-state index >= 15 is 0 Å². The summed E-state index contributed by atoms with van der Waals surface area (Å²) in [6, 6.07) is 18.4. The van der Waals surface area contributed by atoms with E-state index in [1.807, 2.05) is 36.4 Å². The molecule has 26 heavy (non-hydrogen) atoms. The lowest BCUT2D eigenvalue weighted by Crippen LogP contribution is -2.22. The molecule has 4 nitrogen and oxygen atoms in total. The van der Waals surface area contributed by atoms with Crippen LogP contribution in [0.1, 0.15) is 11.1 Å². The minimum Gasteiger partial charge on any atom is -0.483 e. The molecule has 0 unspecified atom stereocenters. The number of hydrogen-bond acceptors (Lipinski definition) is 3. The fourth-order valence-corrected chi connectivity index (χ4v) is 2.88. The first-order valence-electron chi connectivity index (χ1n) is 8.50. The first-order valence-corrected chi connectivity index (χ1v) is 8.50. The number of amides is 1. The Morgan fingerprint density at radius 1 is 1.04 bits per heavy atom. The molecule has 0 atom stereocenters. The largest absolute Gasteiger partial charge is 0.483 e. The van der Waals surface area contributed by atoms with Gasteiger partial charge in [-0.25, -0.2) is 4.39 Å². The number of hydrogen-bond donors (Lipinski definition) is 2. The van der Waals surface area contributed by atoms with Crippen LogP contribution in [0.5, 0.6) is 5.75 Å². The van der Waals surface area contributed by atoms with Crippen molar-refractivity contribution < 1.29 is 13.9 Å². The lowest BCUT2D eigenvalue weighted by atomic mass is 10.0. The Hall–Kier alpha value is -2.92. The Morgan fingerprint density at radius 2 is 1.81 bits per heavy atom. The minimum atomic E-state index is -0.506. The van der Waals surface area contributed by atoms with Crippen LogP contribution in [0.3, 0.4) is 0 Å². The van der Waals surface area contributed by atoms with E-state index in [0.29, 0.717) is 12.3 Å². The van der Waals surface area contributed by atoms with Gasteiger partial charge in [0.15, 0.2) is 6.61 Å². The third-order valence-corrected chi connectivity index (χ3v) is 4.17. The molecule has 3 rings (SSSR count). The molecule has 3 aromatic carbocycles. The van der Waals surface area contributed by atoms with Crippen molar-refractivity contribution in [2.75, 3.05) is 13.2 Å². The Balaban J connectivity index is 1.70. The Bertz CT molecular complexity index is 894. The highest BCUT2D eigenvalue weighted by Gasteiger charge is 2.09. The minimum absolute atomic E-state index is 0.152. The Kier molecular flexibility index (Phi) is 5.81. The summed E-state index contributed by atoms with van der Waals surface area (Å²) in [5.41, 5.74) is 7.25. The van der Waals surface area contributed by atoms with Crippen molar-refractivity contribution in [1.29, 1.82) is 0 Å². The molecular formula is C21H21FN2O2. The summed E-state index contributed by atoms with van der Waals surface area (Å²) < 4.78 is 18.5. The normalized spacial score (nSPS) is 10.8. The summed E-state index contributed by atoms with van der Waals surface area (Å²) in [5.74, 6) is -0.0844. The quantitative estimate of drug-likeness (QED) is 0.612. The molecule has 0 saturated carbocycles. The van der Waals surface area contributed by atoms with Gasteiger partial charge >= 0.3 is 0 Å². The molecule has 3 N–H and O–H groups in total. The van der Waals surface area contributed by atoms with E-state index in [9.17, 15) is 9.18 Å². The van der Waals surface area contributed by atoms with Crippen LogP contribution in [0.4, 0.5) is 4.39 Å². The maximum Gasteiger partial charge on any atom is 0.255 e. The second kappa shape index (κ2) is 8.45. The number of fused-ring (bicyclic) bond motifs is 1. The van der Waals surface area contributed by atoms with E-state index in [1.54, 1.807) is 12.1 Å². The monoisotopic (exact) mass is 352 g/mol. The lowest BCUT2D eigenvalue weighted by Gasteiger charge is -2.14. The molecule has 0 spiro atoms. The van der Waals surface area contributed by atoms with Gasteiger partial charge in [-0.15, -0.1) is 0 Å². The summed E-state index contributed by atoms with van der Waals surface area (Å²) in [5, 5.41) is 5.57. The number of nitrogens with one attached hydrogen (secondary N) is 1. The van der Waals surface area contributed by atoms with E-state index in [1.165, 1.54) is 12.1 Å². The Labute approximate surface area is 151 Å². The molecule has 3 aromatic rings. The van der Waals surface area contributed by atoms with Crippen LogP contribution in [0.2, 0.25) is 0 Å². The standard InChI is InChI=1S/C21H21FN2O2/c22-17-8-5-15(6-9-17)11-12-24-13-19-18-4-2-1-3-16(18)7-10-20(19)26-14-21(23)25/h1-10,24H,11-14H2,(H2,23,25). The number of halogens is 1. The van der Waals surface area contributed by atoms with Gasteiger partial charge in [0.1, 0.15) is 11.6 Å². The van der Waals surface area contributed by atoms with Crippen molar-refractivity contribution in [3.8, 4) is 5.75 Å². The molecule has 0 aliphatic carbocycles. The fourth-order valence-electron chi connectivity index (χ4n) is 2.88. The van der Waals surface area contributed by atoms with E-state index in [-0.39, 0.29) is 12.4 Å². The summed E-state index contributed by atoms with van der Waals surface area (Å²) in [6.45, 7) is 1.18. The molecule has 0 aliphatic heterocycles. The molecule has 0 aliphatic rings. The Morgan fingerprint density at radius 3 is 2.58 bits per heavy atom. The van der Waals surface area contributed by atoms with Gasteiger partial charge < -0.3 is 15.8 Å². The van der Waals surface area contributed by atoms with Crippen molar-refractivity contribution in [2.45, 2.75) is 13.0 Å². The highest BCUT2D eigenvalue weighted by molar-refractivity contribution is 5.88. The number of benzene rings is 3. The van der Waals surface area contributed by atoms with Crippen molar-refractivity contribution in [2.24, 2.45) is 5.73 Å². The van der Waals surface area contributed by atoms with Crippen molar-refractivity contribution in [3.63, 3.8) is 0 Å². The zero-order chi connectivity index (χ0) is 18.4. The van der Waals surface area contributed by atoms with E-state index in [4.69, 9.17) is 10.5 Å². The van der Waals surface area contributed by atoms with Crippen molar-refractivity contribution in [1.82, 2.24) is 5.32 Å². The zero-order valence-electron chi connectivity index (χ0n) is 14.4. The third kappa shape index (κ3) is 4.58. The highest BCUT2D eigenvalue weighted by atomic mass is 19.1. The zero-order valence-corrected chi connectivity index (χ0v) is 14.4. The van der Waals surface area contributed by atoms with Gasteiger partial charge in [0.25, 0.3) is 5.91 Å². The molecule has 0 bridgehead atoms. The van der Waals surface area contributed by atoms with Crippen molar-refractivity contribution in [3.05, 3.63) is 77.6 Å². The molecule has 134 valence electrons. The summed E-state index contributed by atoms with van der Waals surface area (Å²) in [6.07, 6.45) is 0.794. The van der Waals surface area contributed by atoms with Gasteiger partial charge in [0.05, 0.1) is 0 Å². The van der Waals surface area contributed by atoms with Crippen LogP contribution in [0.25, 0.3) is 10.8 Å².